The number of likely N-dealkylation sites (tertiary alicyclic amines) is 1. The molecule has 7 nitrogen and oxygen atoms in total. The average Bonchev–Trinajstić information content (AvgIpc) is 3.07. The molecule has 2 amide bonds. The summed E-state index contributed by atoms with van der Waals surface area (Å²) in [4.78, 5) is 38.9. The molecule has 1 fully saturated rings. The third-order valence-electron chi connectivity index (χ3n) is 5.50. The molecule has 158 valence electrons. The molecule has 7 heteroatoms. The second kappa shape index (κ2) is 9.09. The van der Waals surface area contributed by atoms with Crippen LogP contribution in [-0.2, 0) is 16.0 Å². The minimum Gasteiger partial charge on any atom is -0.508 e. The Bertz CT molecular complexity index is 944. The van der Waals surface area contributed by atoms with Gasteiger partial charge >= 0.3 is 0 Å². The van der Waals surface area contributed by atoms with E-state index >= 15 is 0 Å². The van der Waals surface area contributed by atoms with E-state index in [9.17, 15) is 24.6 Å². The Morgan fingerprint density at radius 3 is 2.50 bits per heavy atom. The van der Waals surface area contributed by atoms with Crippen molar-refractivity contribution in [1.29, 1.82) is 0 Å². The quantitative estimate of drug-likeness (QED) is 0.668. The van der Waals surface area contributed by atoms with E-state index in [4.69, 9.17) is 0 Å². The highest BCUT2D eigenvalue weighted by atomic mass is 16.3. The molecule has 1 heterocycles. The molecular weight excluding hydrogens is 384 g/mol. The van der Waals surface area contributed by atoms with Crippen molar-refractivity contribution in [3.8, 4) is 5.75 Å². The fourth-order valence-electron chi connectivity index (χ4n) is 3.59. The third kappa shape index (κ3) is 4.68. The van der Waals surface area contributed by atoms with Crippen LogP contribution in [0.5, 0.6) is 5.75 Å². The zero-order chi connectivity index (χ0) is 21.8. The Balaban J connectivity index is 1.82. The SMILES string of the molecule is Cc1c(O)cccc1C(=O)NC(Cc1ccccc1)C(O)C(=O)N1CC(=O)C(C)C1. The number of amides is 2. The number of nitrogens with one attached hydrogen (secondary N) is 1. The van der Waals surface area contributed by atoms with Crippen LogP contribution in [0.15, 0.2) is 48.5 Å². The number of hydrogen-bond donors (Lipinski definition) is 3. The number of carbonyl (C=O) groups is 3. The number of Topliss-reactive ketones (excluding diaryl/α,β-unsaturated/α-hetero) is 1. The summed E-state index contributed by atoms with van der Waals surface area (Å²) in [7, 11) is 0. The first-order valence-electron chi connectivity index (χ1n) is 9.91. The van der Waals surface area contributed by atoms with Crippen molar-refractivity contribution in [2.24, 2.45) is 5.92 Å². The fraction of sp³-hybridized carbons (Fsp3) is 0.348. The second-order valence-corrected chi connectivity index (χ2v) is 7.75. The minimum absolute atomic E-state index is 0.0107. The molecule has 30 heavy (non-hydrogen) atoms. The molecular formula is C23H26N2O5. The Labute approximate surface area is 175 Å². The van der Waals surface area contributed by atoms with Gasteiger partial charge in [0.1, 0.15) is 5.75 Å². The minimum atomic E-state index is -1.51. The summed E-state index contributed by atoms with van der Waals surface area (Å²) >= 11 is 0. The van der Waals surface area contributed by atoms with E-state index in [0.29, 0.717) is 5.56 Å². The van der Waals surface area contributed by atoms with Crippen LogP contribution in [0.25, 0.3) is 0 Å². The molecule has 2 aromatic rings. The summed E-state index contributed by atoms with van der Waals surface area (Å²) in [5.41, 5.74) is 1.51. The van der Waals surface area contributed by atoms with E-state index in [1.165, 1.54) is 11.0 Å². The van der Waals surface area contributed by atoms with Crippen LogP contribution in [0.1, 0.15) is 28.4 Å². The Hall–Kier alpha value is -3.19. The topological polar surface area (TPSA) is 107 Å². The summed E-state index contributed by atoms with van der Waals surface area (Å²) in [6.45, 7) is 3.59. The number of rotatable bonds is 6. The summed E-state index contributed by atoms with van der Waals surface area (Å²) in [6.07, 6.45) is -1.28. The Morgan fingerprint density at radius 1 is 1.17 bits per heavy atom. The first kappa shape index (κ1) is 21.5. The highest BCUT2D eigenvalue weighted by Gasteiger charge is 2.37. The van der Waals surface area contributed by atoms with Gasteiger partial charge in [0.2, 0.25) is 0 Å². The van der Waals surface area contributed by atoms with Gasteiger partial charge in [-0.15, -0.1) is 0 Å². The average molecular weight is 410 g/mol. The van der Waals surface area contributed by atoms with Crippen molar-refractivity contribution in [2.45, 2.75) is 32.4 Å². The van der Waals surface area contributed by atoms with Crippen molar-refractivity contribution in [3.63, 3.8) is 0 Å². The van der Waals surface area contributed by atoms with E-state index in [1.54, 1.807) is 26.0 Å². The molecule has 0 aliphatic carbocycles. The maximum atomic E-state index is 12.9. The van der Waals surface area contributed by atoms with Gasteiger partial charge in [-0.1, -0.05) is 43.3 Å². The van der Waals surface area contributed by atoms with Crippen molar-refractivity contribution in [2.75, 3.05) is 13.1 Å². The number of aliphatic hydroxyl groups excluding tert-OH is 1. The molecule has 1 saturated heterocycles. The van der Waals surface area contributed by atoms with E-state index in [1.807, 2.05) is 30.3 Å². The van der Waals surface area contributed by atoms with Crippen LogP contribution < -0.4 is 5.32 Å². The second-order valence-electron chi connectivity index (χ2n) is 7.75. The van der Waals surface area contributed by atoms with E-state index < -0.39 is 24.0 Å². The number of aliphatic hydroxyl groups is 1. The number of benzene rings is 2. The molecule has 3 rings (SSSR count). The van der Waals surface area contributed by atoms with Crippen LogP contribution in [0.4, 0.5) is 0 Å². The predicted octanol–water partition coefficient (Wildman–Crippen LogP) is 1.45. The number of ketones is 1. The first-order valence-corrected chi connectivity index (χ1v) is 9.91. The number of carbonyl (C=O) groups excluding carboxylic acids is 3. The molecule has 0 saturated carbocycles. The highest BCUT2D eigenvalue weighted by molar-refractivity contribution is 5.97. The monoisotopic (exact) mass is 410 g/mol. The number of phenolic OH excluding ortho intramolecular Hbond substituents is 1. The van der Waals surface area contributed by atoms with Gasteiger partial charge < -0.3 is 20.4 Å². The van der Waals surface area contributed by atoms with Gasteiger partial charge in [0.25, 0.3) is 11.8 Å². The molecule has 3 atom stereocenters. The largest absolute Gasteiger partial charge is 0.508 e. The van der Waals surface area contributed by atoms with Crippen LogP contribution >= 0.6 is 0 Å². The number of hydrogen-bond acceptors (Lipinski definition) is 5. The zero-order valence-corrected chi connectivity index (χ0v) is 17.0. The summed E-state index contributed by atoms with van der Waals surface area (Å²) < 4.78 is 0. The lowest BCUT2D eigenvalue weighted by atomic mass is 9.99. The van der Waals surface area contributed by atoms with Gasteiger partial charge in [-0.2, -0.15) is 0 Å². The van der Waals surface area contributed by atoms with Gasteiger partial charge in [-0.25, -0.2) is 0 Å². The smallest absolute Gasteiger partial charge is 0.253 e. The van der Waals surface area contributed by atoms with Gasteiger partial charge in [-0.3, -0.25) is 14.4 Å². The highest BCUT2D eigenvalue weighted by Crippen LogP contribution is 2.20. The standard InChI is InChI=1S/C23H26N2O5/c1-14-12-25(13-20(14)27)23(30)21(28)18(11-16-7-4-3-5-8-16)24-22(29)17-9-6-10-19(26)15(17)2/h3-10,14,18,21,26,28H,11-13H2,1-2H3,(H,24,29). The molecule has 0 bridgehead atoms. The molecule has 1 aliphatic heterocycles. The fourth-order valence-corrected chi connectivity index (χ4v) is 3.59. The van der Waals surface area contributed by atoms with Crippen molar-refractivity contribution in [3.05, 3.63) is 65.2 Å². The Kier molecular flexibility index (Phi) is 6.52. The molecule has 0 spiro atoms. The molecule has 3 N–H and O–H groups in total. The number of phenols is 1. The van der Waals surface area contributed by atoms with Crippen molar-refractivity contribution < 1.29 is 24.6 Å². The normalized spacial score (nSPS) is 18.2. The van der Waals surface area contributed by atoms with Gasteiger partial charge in [0.15, 0.2) is 11.9 Å². The summed E-state index contributed by atoms with van der Waals surface area (Å²) in [5, 5.41) is 23.5. The molecule has 0 radical (unpaired) electrons. The van der Waals surface area contributed by atoms with E-state index in [-0.39, 0.29) is 42.5 Å². The van der Waals surface area contributed by atoms with Gasteiger partial charge in [-0.05, 0) is 31.0 Å². The third-order valence-corrected chi connectivity index (χ3v) is 5.50. The lowest BCUT2D eigenvalue weighted by Crippen LogP contribution is -2.52. The van der Waals surface area contributed by atoms with E-state index in [0.717, 1.165) is 5.56 Å². The maximum Gasteiger partial charge on any atom is 0.253 e. The number of aromatic hydroxyl groups is 1. The lowest BCUT2D eigenvalue weighted by molar-refractivity contribution is -0.141. The maximum absolute atomic E-state index is 12.9. The molecule has 2 aromatic carbocycles. The van der Waals surface area contributed by atoms with Crippen LogP contribution in [0, 0.1) is 12.8 Å². The van der Waals surface area contributed by atoms with Crippen molar-refractivity contribution >= 4 is 17.6 Å². The van der Waals surface area contributed by atoms with Crippen LogP contribution in [-0.4, -0.2) is 57.9 Å². The zero-order valence-electron chi connectivity index (χ0n) is 17.0. The molecule has 1 aliphatic rings. The van der Waals surface area contributed by atoms with Crippen molar-refractivity contribution in [1.82, 2.24) is 10.2 Å². The van der Waals surface area contributed by atoms with Gasteiger partial charge in [0, 0.05) is 23.6 Å². The molecule has 3 unspecified atom stereocenters. The summed E-state index contributed by atoms with van der Waals surface area (Å²) in [6, 6.07) is 12.9. The first-order chi connectivity index (χ1) is 14.3. The predicted molar refractivity (Wildman–Crippen MR) is 111 cm³/mol. The number of nitrogens with zero attached hydrogens (tertiary/aromatic N) is 1. The van der Waals surface area contributed by atoms with Crippen LogP contribution in [0.2, 0.25) is 0 Å². The van der Waals surface area contributed by atoms with E-state index in [2.05, 4.69) is 5.32 Å². The molecule has 0 aromatic heterocycles. The Morgan fingerprint density at radius 2 is 1.87 bits per heavy atom. The summed E-state index contributed by atoms with van der Waals surface area (Å²) in [5.74, 6) is -1.40. The van der Waals surface area contributed by atoms with Gasteiger partial charge in [0.05, 0.1) is 12.6 Å². The lowest BCUT2D eigenvalue weighted by Gasteiger charge is -2.27. The van der Waals surface area contributed by atoms with Crippen LogP contribution in [0.3, 0.4) is 0 Å².